The Hall–Kier alpha value is -2.73. The fraction of sp³-hybridized carbons (Fsp3) is 0.235. The number of aliphatic hydroxyl groups is 1. The zero-order chi connectivity index (χ0) is 16.6. The molecule has 0 radical (unpaired) electrons. The zero-order valence-corrected chi connectivity index (χ0v) is 12.6. The number of rotatable bonds is 3. The molecule has 23 heavy (non-hydrogen) atoms. The molecule has 0 unspecified atom stereocenters. The molecule has 1 heterocycles. The lowest BCUT2D eigenvalue weighted by Crippen LogP contribution is -2.36. The minimum Gasteiger partial charge on any atom is -0.508 e. The van der Waals surface area contributed by atoms with Gasteiger partial charge in [0.2, 0.25) is 5.78 Å². The zero-order valence-electron chi connectivity index (χ0n) is 12.6. The van der Waals surface area contributed by atoms with E-state index >= 15 is 0 Å². The van der Waals surface area contributed by atoms with Crippen LogP contribution in [0.25, 0.3) is 0 Å². The molecule has 2 atom stereocenters. The number of phenols is 1. The lowest BCUT2D eigenvalue weighted by Gasteiger charge is -2.30. The van der Waals surface area contributed by atoms with Crippen LogP contribution in [0.1, 0.15) is 22.0 Å². The van der Waals surface area contributed by atoms with Crippen molar-refractivity contribution >= 4 is 5.78 Å². The number of aromatic hydroxyl groups is 1. The molecular weight excluding hydrogens is 300 g/mol. The van der Waals surface area contributed by atoms with Crippen LogP contribution in [-0.2, 0) is 0 Å². The van der Waals surface area contributed by atoms with E-state index in [0.717, 1.165) is 0 Å². The van der Waals surface area contributed by atoms with Gasteiger partial charge in [-0.15, -0.1) is 0 Å². The highest BCUT2D eigenvalue weighted by Gasteiger charge is 2.39. The molecule has 1 aliphatic heterocycles. The maximum absolute atomic E-state index is 12.5. The van der Waals surface area contributed by atoms with Crippen LogP contribution in [0, 0.1) is 0 Å². The minimum atomic E-state index is -1.37. The molecular formula is C17H16O6. The van der Waals surface area contributed by atoms with Gasteiger partial charge in [-0.3, -0.25) is 4.79 Å². The quantitative estimate of drug-likeness (QED) is 0.902. The van der Waals surface area contributed by atoms with Gasteiger partial charge in [0.15, 0.2) is 12.2 Å². The predicted octanol–water partition coefficient (Wildman–Crippen LogP) is 2.09. The molecule has 2 aromatic rings. The van der Waals surface area contributed by atoms with Crippen LogP contribution in [0.15, 0.2) is 36.4 Å². The van der Waals surface area contributed by atoms with Crippen molar-refractivity contribution in [3.8, 4) is 23.0 Å². The molecule has 0 fully saturated rings. The molecule has 1 aliphatic rings. The second-order valence-corrected chi connectivity index (χ2v) is 5.14. The van der Waals surface area contributed by atoms with E-state index in [0.29, 0.717) is 11.3 Å². The average molecular weight is 316 g/mol. The normalized spacial score (nSPS) is 19.7. The summed E-state index contributed by atoms with van der Waals surface area (Å²) in [7, 11) is 2.93. The maximum Gasteiger partial charge on any atom is 0.202 e. The average Bonchev–Trinajstić information content (AvgIpc) is 2.57. The van der Waals surface area contributed by atoms with E-state index in [9.17, 15) is 15.0 Å². The number of phenolic OH excluding ortho intramolecular Hbond substituents is 1. The number of hydrogen-bond donors (Lipinski definition) is 2. The Bertz CT molecular complexity index is 737. The SMILES string of the molecule is COc1cc(OC)c2c(c1)O[C@H](c1ccc(O)cc1)[C@@H](O)C2=O. The summed E-state index contributed by atoms with van der Waals surface area (Å²) in [5.41, 5.74) is 0.770. The van der Waals surface area contributed by atoms with Crippen LogP contribution in [0.3, 0.4) is 0 Å². The molecule has 3 rings (SSSR count). The summed E-state index contributed by atoms with van der Waals surface area (Å²) in [5, 5.41) is 19.7. The Morgan fingerprint density at radius 3 is 2.39 bits per heavy atom. The second-order valence-electron chi connectivity index (χ2n) is 5.14. The molecule has 0 saturated heterocycles. The largest absolute Gasteiger partial charge is 0.508 e. The van der Waals surface area contributed by atoms with Crippen molar-refractivity contribution < 1.29 is 29.2 Å². The Labute approximate surface area is 132 Å². The summed E-state index contributed by atoms with van der Waals surface area (Å²) < 4.78 is 16.2. The number of hydrogen-bond acceptors (Lipinski definition) is 6. The smallest absolute Gasteiger partial charge is 0.202 e. The first kappa shape index (κ1) is 15.2. The molecule has 2 N–H and O–H groups in total. The van der Waals surface area contributed by atoms with Gasteiger partial charge in [-0.05, 0) is 17.7 Å². The third kappa shape index (κ3) is 2.57. The number of carbonyl (C=O) groups is 1. The molecule has 0 aliphatic carbocycles. The number of fused-ring (bicyclic) bond motifs is 1. The van der Waals surface area contributed by atoms with Crippen LogP contribution in [0.4, 0.5) is 0 Å². The van der Waals surface area contributed by atoms with Crippen molar-refractivity contribution in [2.75, 3.05) is 14.2 Å². The van der Waals surface area contributed by atoms with Gasteiger partial charge in [-0.25, -0.2) is 0 Å². The summed E-state index contributed by atoms with van der Waals surface area (Å²) in [4.78, 5) is 12.5. The molecule has 6 heteroatoms. The minimum absolute atomic E-state index is 0.0918. The third-order valence-electron chi connectivity index (χ3n) is 3.77. The summed E-state index contributed by atoms with van der Waals surface area (Å²) in [6.45, 7) is 0. The van der Waals surface area contributed by atoms with Gasteiger partial charge >= 0.3 is 0 Å². The highest BCUT2D eigenvalue weighted by atomic mass is 16.5. The fourth-order valence-corrected chi connectivity index (χ4v) is 2.58. The van der Waals surface area contributed by atoms with Gasteiger partial charge in [0.1, 0.15) is 28.6 Å². The first-order valence-corrected chi connectivity index (χ1v) is 6.99. The van der Waals surface area contributed by atoms with Gasteiger partial charge < -0.3 is 24.4 Å². The van der Waals surface area contributed by atoms with Gasteiger partial charge in [0.05, 0.1) is 14.2 Å². The molecule has 6 nitrogen and oxygen atoms in total. The number of carbonyl (C=O) groups excluding carboxylic acids is 1. The second kappa shape index (κ2) is 5.81. The maximum atomic E-state index is 12.5. The van der Waals surface area contributed by atoms with Crippen molar-refractivity contribution in [1.82, 2.24) is 0 Å². The van der Waals surface area contributed by atoms with E-state index < -0.39 is 18.0 Å². The van der Waals surface area contributed by atoms with Crippen molar-refractivity contribution in [2.24, 2.45) is 0 Å². The number of benzene rings is 2. The van der Waals surface area contributed by atoms with Gasteiger partial charge in [-0.2, -0.15) is 0 Å². The van der Waals surface area contributed by atoms with Crippen LogP contribution >= 0.6 is 0 Å². The molecule has 0 amide bonds. The number of Topliss-reactive ketones (excluding diaryl/α,β-unsaturated/α-hetero) is 1. The van der Waals surface area contributed by atoms with Crippen LogP contribution in [-0.4, -0.2) is 36.3 Å². The van der Waals surface area contributed by atoms with Crippen molar-refractivity contribution in [3.05, 3.63) is 47.5 Å². The third-order valence-corrected chi connectivity index (χ3v) is 3.77. The Kier molecular flexibility index (Phi) is 3.83. The Balaban J connectivity index is 2.07. The van der Waals surface area contributed by atoms with Crippen molar-refractivity contribution in [3.63, 3.8) is 0 Å². The van der Waals surface area contributed by atoms with E-state index in [-0.39, 0.29) is 22.8 Å². The first-order chi connectivity index (χ1) is 11.0. The lowest BCUT2D eigenvalue weighted by atomic mass is 9.93. The predicted molar refractivity (Wildman–Crippen MR) is 81.4 cm³/mol. The van der Waals surface area contributed by atoms with Gasteiger partial charge in [-0.1, -0.05) is 12.1 Å². The van der Waals surface area contributed by atoms with Gasteiger partial charge in [0.25, 0.3) is 0 Å². The first-order valence-electron chi connectivity index (χ1n) is 6.99. The molecule has 2 aromatic carbocycles. The fourth-order valence-electron chi connectivity index (χ4n) is 2.58. The standard InChI is InChI=1S/C17H16O6/c1-21-11-7-12(22-2)14-13(8-11)23-17(16(20)15(14)19)9-3-5-10(18)6-4-9/h3-8,16-18,20H,1-2H3/t16-,17+/m0/s1. The Morgan fingerprint density at radius 2 is 1.78 bits per heavy atom. The molecule has 0 spiro atoms. The highest BCUT2D eigenvalue weighted by molar-refractivity contribution is 6.05. The summed E-state index contributed by atoms with van der Waals surface area (Å²) in [5.74, 6) is 0.661. The monoisotopic (exact) mass is 316 g/mol. The van der Waals surface area contributed by atoms with Crippen molar-refractivity contribution in [2.45, 2.75) is 12.2 Å². The van der Waals surface area contributed by atoms with Crippen LogP contribution in [0.2, 0.25) is 0 Å². The van der Waals surface area contributed by atoms with E-state index in [4.69, 9.17) is 14.2 Å². The van der Waals surface area contributed by atoms with Gasteiger partial charge in [0, 0.05) is 12.1 Å². The Morgan fingerprint density at radius 1 is 1.09 bits per heavy atom. The molecule has 0 saturated carbocycles. The number of methoxy groups -OCH3 is 2. The van der Waals surface area contributed by atoms with E-state index in [1.807, 2.05) is 0 Å². The van der Waals surface area contributed by atoms with Crippen LogP contribution < -0.4 is 14.2 Å². The number of ketones is 1. The summed E-state index contributed by atoms with van der Waals surface area (Å²) in [6.07, 6.45) is -2.23. The molecule has 120 valence electrons. The van der Waals surface area contributed by atoms with E-state index in [1.165, 1.54) is 26.4 Å². The molecule has 0 bridgehead atoms. The topological polar surface area (TPSA) is 85.2 Å². The van der Waals surface area contributed by atoms with Crippen molar-refractivity contribution in [1.29, 1.82) is 0 Å². The summed E-state index contributed by atoms with van der Waals surface area (Å²) in [6, 6.07) is 9.27. The lowest BCUT2D eigenvalue weighted by molar-refractivity contribution is 0.0210. The number of aliphatic hydroxyl groups excluding tert-OH is 1. The van der Waals surface area contributed by atoms with E-state index in [2.05, 4.69) is 0 Å². The van der Waals surface area contributed by atoms with Crippen LogP contribution in [0.5, 0.6) is 23.0 Å². The molecule has 0 aromatic heterocycles. The highest BCUT2D eigenvalue weighted by Crippen LogP contribution is 2.42. The summed E-state index contributed by atoms with van der Waals surface area (Å²) >= 11 is 0. The number of ether oxygens (including phenoxy) is 3. The van der Waals surface area contributed by atoms with E-state index in [1.54, 1.807) is 24.3 Å².